The van der Waals surface area contributed by atoms with Crippen LogP contribution in [0.5, 0.6) is 0 Å². The quantitative estimate of drug-likeness (QED) is 0.363. The van der Waals surface area contributed by atoms with Crippen LogP contribution < -0.4 is 0 Å². The molecule has 2 heterocycles. The Morgan fingerprint density at radius 2 is 1.81 bits per heavy atom. The highest BCUT2D eigenvalue weighted by atomic mass is 16.3. The minimum Gasteiger partial charge on any atom is -0.507 e. The summed E-state index contributed by atoms with van der Waals surface area (Å²) in [7, 11) is 3.95. The number of rotatable bonds is 6. The van der Waals surface area contributed by atoms with Crippen molar-refractivity contribution in [2.45, 2.75) is 19.4 Å². The van der Waals surface area contributed by atoms with Gasteiger partial charge in [0, 0.05) is 29.2 Å². The van der Waals surface area contributed by atoms with Crippen LogP contribution in [0.1, 0.15) is 29.2 Å². The number of aryl methyl sites for hydroxylation is 1. The lowest BCUT2D eigenvalue weighted by Crippen LogP contribution is -2.32. The van der Waals surface area contributed by atoms with Crippen LogP contribution in [0.25, 0.3) is 16.7 Å². The lowest BCUT2D eigenvalue weighted by Gasteiger charge is -2.27. The number of fused-ring (bicyclic) bond motifs is 1. The summed E-state index contributed by atoms with van der Waals surface area (Å²) in [5.41, 5.74) is 3.36. The van der Waals surface area contributed by atoms with Crippen LogP contribution in [-0.4, -0.2) is 58.8 Å². The summed E-state index contributed by atoms with van der Waals surface area (Å²) in [5, 5.41) is 12.1. The molecule has 2 aromatic carbocycles. The Morgan fingerprint density at radius 1 is 1.10 bits per heavy atom. The number of para-hydroxylation sites is 1. The normalized spacial score (nSPS) is 18.5. The number of aromatic amines is 1. The molecule has 6 heteroatoms. The molecule has 0 bridgehead atoms. The molecule has 1 amide bonds. The first-order valence-corrected chi connectivity index (χ1v) is 10.4. The SMILES string of the molecule is Cc1ccccc1C1/C(=C(\O)c2c[nH]c3ccccc23)C(=O)C(=O)N1CCCN(C)C. The summed E-state index contributed by atoms with van der Waals surface area (Å²) in [6.45, 7) is 3.19. The van der Waals surface area contributed by atoms with Crippen molar-refractivity contribution in [2.75, 3.05) is 27.2 Å². The highest BCUT2D eigenvalue weighted by Crippen LogP contribution is 2.41. The van der Waals surface area contributed by atoms with Gasteiger partial charge in [-0.05, 0) is 51.2 Å². The smallest absolute Gasteiger partial charge is 0.295 e. The molecule has 1 aliphatic heterocycles. The van der Waals surface area contributed by atoms with Gasteiger partial charge >= 0.3 is 0 Å². The van der Waals surface area contributed by atoms with Gasteiger partial charge in [0.15, 0.2) is 0 Å². The maximum Gasteiger partial charge on any atom is 0.295 e. The molecule has 1 fully saturated rings. The number of nitrogens with one attached hydrogen (secondary N) is 1. The molecule has 1 aromatic heterocycles. The van der Waals surface area contributed by atoms with E-state index in [9.17, 15) is 14.7 Å². The van der Waals surface area contributed by atoms with E-state index in [2.05, 4.69) is 4.98 Å². The van der Waals surface area contributed by atoms with Crippen molar-refractivity contribution in [1.29, 1.82) is 0 Å². The summed E-state index contributed by atoms with van der Waals surface area (Å²) in [6.07, 6.45) is 2.42. The van der Waals surface area contributed by atoms with Gasteiger partial charge < -0.3 is 19.9 Å². The fourth-order valence-corrected chi connectivity index (χ4v) is 4.30. The van der Waals surface area contributed by atoms with Crippen LogP contribution in [0.3, 0.4) is 0 Å². The topological polar surface area (TPSA) is 76.6 Å². The van der Waals surface area contributed by atoms with Gasteiger partial charge in [-0.25, -0.2) is 0 Å². The number of H-pyrrole nitrogens is 1. The van der Waals surface area contributed by atoms with Crippen LogP contribution in [0, 0.1) is 6.92 Å². The third-order valence-corrected chi connectivity index (χ3v) is 5.87. The molecule has 0 spiro atoms. The zero-order valence-corrected chi connectivity index (χ0v) is 18.1. The van der Waals surface area contributed by atoms with Crippen LogP contribution in [0.4, 0.5) is 0 Å². The third kappa shape index (κ3) is 3.75. The van der Waals surface area contributed by atoms with E-state index in [0.29, 0.717) is 12.1 Å². The minimum atomic E-state index is -0.638. The van der Waals surface area contributed by atoms with E-state index in [-0.39, 0.29) is 11.3 Å². The van der Waals surface area contributed by atoms with Crippen molar-refractivity contribution in [3.63, 3.8) is 0 Å². The van der Waals surface area contributed by atoms with Crippen molar-refractivity contribution < 1.29 is 14.7 Å². The van der Waals surface area contributed by atoms with Gasteiger partial charge in [-0.15, -0.1) is 0 Å². The summed E-state index contributed by atoms with van der Waals surface area (Å²) < 4.78 is 0. The third-order valence-electron chi connectivity index (χ3n) is 5.87. The van der Waals surface area contributed by atoms with Crippen molar-refractivity contribution in [3.8, 4) is 0 Å². The molecule has 1 unspecified atom stereocenters. The second-order valence-electron chi connectivity index (χ2n) is 8.25. The zero-order valence-electron chi connectivity index (χ0n) is 18.1. The van der Waals surface area contributed by atoms with Gasteiger partial charge in [-0.3, -0.25) is 9.59 Å². The standard InChI is InChI=1S/C25H27N3O3/c1-16-9-4-5-10-17(16)22-21(24(30)25(31)28(22)14-8-13-27(2)3)23(29)19-15-26-20-12-7-6-11-18(19)20/h4-7,9-12,15,22,26,29H,8,13-14H2,1-3H3/b23-21+. The maximum absolute atomic E-state index is 13.2. The minimum absolute atomic E-state index is 0.140. The Balaban J connectivity index is 1.86. The average Bonchev–Trinajstić information content (AvgIpc) is 3.28. The molecule has 0 saturated carbocycles. The first-order chi connectivity index (χ1) is 14.9. The van der Waals surface area contributed by atoms with Crippen LogP contribution in [0.15, 0.2) is 60.3 Å². The van der Waals surface area contributed by atoms with E-state index >= 15 is 0 Å². The van der Waals surface area contributed by atoms with Crippen molar-refractivity contribution in [3.05, 3.63) is 77.0 Å². The van der Waals surface area contributed by atoms with Crippen molar-refractivity contribution in [2.24, 2.45) is 0 Å². The number of nitrogens with zero attached hydrogens (tertiary/aromatic N) is 2. The predicted octanol–water partition coefficient (Wildman–Crippen LogP) is 3.85. The predicted molar refractivity (Wildman–Crippen MR) is 122 cm³/mol. The molecule has 3 aromatic rings. The number of carbonyl (C=O) groups is 2. The van der Waals surface area contributed by atoms with Crippen LogP contribution >= 0.6 is 0 Å². The maximum atomic E-state index is 13.2. The highest BCUT2D eigenvalue weighted by Gasteiger charge is 2.46. The molecular weight excluding hydrogens is 390 g/mol. The molecule has 2 N–H and O–H groups in total. The van der Waals surface area contributed by atoms with Gasteiger partial charge in [0.2, 0.25) is 0 Å². The Kier molecular flexibility index (Phi) is 5.65. The molecule has 0 aliphatic carbocycles. The summed E-state index contributed by atoms with van der Waals surface area (Å²) in [5.74, 6) is -1.34. The summed E-state index contributed by atoms with van der Waals surface area (Å²) in [6, 6.07) is 14.7. The molecule has 6 nitrogen and oxygen atoms in total. The monoisotopic (exact) mass is 417 g/mol. The van der Waals surface area contributed by atoms with Gasteiger partial charge in [0.05, 0.1) is 11.6 Å². The Hall–Kier alpha value is -3.38. The van der Waals surface area contributed by atoms with E-state index in [4.69, 9.17) is 0 Å². The molecular formula is C25H27N3O3. The summed E-state index contributed by atoms with van der Waals surface area (Å²) in [4.78, 5) is 33.0. The number of aromatic nitrogens is 1. The molecule has 1 aliphatic rings. The molecule has 1 saturated heterocycles. The summed E-state index contributed by atoms with van der Waals surface area (Å²) >= 11 is 0. The fraction of sp³-hybridized carbons (Fsp3) is 0.280. The average molecular weight is 418 g/mol. The van der Waals surface area contributed by atoms with E-state index in [1.165, 1.54) is 0 Å². The van der Waals surface area contributed by atoms with Crippen molar-refractivity contribution >= 4 is 28.4 Å². The van der Waals surface area contributed by atoms with E-state index in [1.54, 1.807) is 11.1 Å². The first kappa shape index (κ1) is 20.9. The number of hydrogen-bond donors (Lipinski definition) is 2. The highest BCUT2D eigenvalue weighted by molar-refractivity contribution is 6.46. The van der Waals surface area contributed by atoms with Gasteiger partial charge in [0.25, 0.3) is 11.7 Å². The molecule has 1 atom stereocenters. The Labute approximate surface area is 181 Å². The fourth-order valence-electron chi connectivity index (χ4n) is 4.30. The van der Waals surface area contributed by atoms with E-state index in [0.717, 1.165) is 35.0 Å². The Morgan fingerprint density at radius 3 is 2.55 bits per heavy atom. The number of benzene rings is 2. The number of aliphatic hydroxyl groups excluding tert-OH is 1. The van der Waals surface area contributed by atoms with Gasteiger partial charge in [-0.2, -0.15) is 0 Å². The largest absolute Gasteiger partial charge is 0.507 e. The lowest BCUT2D eigenvalue weighted by atomic mass is 9.92. The van der Waals surface area contributed by atoms with E-state index in [1.807, 2.05) is 74.4 Å². The number of likely N-dealkylation sites (tertiary alicyclic amines) is 1. The van der Waals surface area contributed by atoms with Gasteiger partial charge in [0.1, 0.15) is 5.76 Å². The van der Waals surface area contributed by atoms with Gasteiger partial charge in [-0.1, -0.05) is 42.5 Å². The number of hydrogen-bond acceptors (Lipinski definition) is 4. The molecule has 160 valence electrons. The molecule has 4 rings (SSSR count). The number of ketones is 1. The van der Waals surface area contributed by atoms with E-state index < -0.39 is 17.7 Å². The number of amides is 1. The van der Waals surface area contributed by atoms with Crippen molar-refractivity contribution in [1.82, 2.24) is 14.8 Å². The zero-order chi connectivity index (χ0) is 22.1. The first-order valence-electron chi connectivity index (χ1n) is 10.4. The number of carbonyl (C=O) groups excluding carboxylic acids is 2. The van der Waals surface area contributed by atoms with Crippen LogP contribution in [-0.2, 0) is 9.59 Å². The number of aliphatic hydroxyl groups is 1. The molecule has 31 heavy (non-hydrogen) atoms. The molecule has 0 radical (unpaired) electrons. The Bertz CT molecular complexity index is 1180. The lowest BCUT2D eigenvalue weighted by molar-refractivity contribution is -0.139. The second-order valence-corrected chi connectivity index (χ2v) is 8.25. The second kappa shape index (κ2) is 8.40. The number of Topliss-reactive ketones (excluding diaryl/α,β-unsaturated/α-hetero) is 1. The van der Waals surface area contributed by atoms with Crippen LogP contribution in [0.2, 0.25) is 0 Å².